The molecule has 7 amide bonds. The number of aliphatic hydroxyl groups is 2. The van der Waals surface area contributed by atoms with Gasteiger partial charge in [0, 0.05) is 6.54 Å². The Labute approximate surface area is 418 Å². The van der Waals surface area contributed by atoms with Crippen LogP contribution in [0.3, 0.4) is 0 Å². The van der Waals surface area contributed by atoms with E-state index in [1.807, 2.05) is 6.92 Å². The van der Waals surface area contributed by atoms with Gasteiger partial charge in [-0.25, -0.2) is 4.79 Å². The highest BCUT2D eigenvalue weighted by Crippen LogP contribution is 2.22. The third-order valence-corrected chi connectivity index (χ3v) is 13.8. The van der Waals surface area contributed by atoms with Gasteiger partial charge in [0.25, 0.3) is 0 Å². The van der Waals surface area contributed by atoms with Crippen LogP contribution in [0.4, 0.5) is 0 Å². The van der Waals surface area contributed by atoms with Crippen LogP contribution in [-0.2, 0) is 43.1 Å². The SMILES string of the molecule is CCCCCCCCCCCCCCCCCC1CC(=O)N[C@@H]([C@@H](C)O)C(=O)NC(C(C)C)C(=O)NC(C)C(=O)N2CCCC2C(=O)NC(C(C)CC)C(=O)NC(C(C)C)C(=O)NC(C(C)O)C(=O)O1. The van der Waals surface area contributed by atoms with E-state index >= 15 is 0 Å². The number of fused-ring (bicyclic) bond motifs is 1. The number of ether oxygens (including phenoxy) is 1. The van der Waals surface area contributed by atoms with E-state index in [4.69, 9.17) is 4.74 Å². The summed E-state index contributed by atoms with van der Waals surface area (Å²) in [5.74, 6) is -7.39. The first-order valence-corrected chi connectivity index (χ1v) is 26.8. The number of carbonyl (C=O) groups excluding carboxylic acids is 8. The van der Waals surface area contributed by atoms with Crippen LogP contribution in [0.15, 0.2) is 0 Å². The molecular weight excluding hydrogens is 899 g/mol. The van der Waals surface area contributed by atoms with E-state index in [0.29, 0.717) is 25.7 Å². The molecule has 2 heterocycles. The van der Waals surface area contributed by atoms with Gasteiger partial charge in [-0.3, -0.25) is 33.6 Å². The molecule has 0 radical (unpaired) electrons. The van der Waals surface area contributed by atoms with Gasteiger partial charge < -0.3 is 51.8 Å². The number of amides is 7. The smallest absolute Gasteiger partial charge is 0.331 e. The molecule has 0 saturated carbocycles. The summed E-state index contributed by atoms with van der Waals surface area (Å²) in [4.78, 5) is 112. The van der Waals surface area contributed by atoms with Gasteiger partial charge >= 0.3 is 5.97 Å². The molecule has 9 unspecified atom stereocenters. The molecule has 0 aliphatic carbocycles. The fraction of sp³-hybridized carbons (Fsp3) is 0.846. The molecule has 2 rings (SSSR count). The van der Waals surface area contributed by atoms with E-state index in [9.17, 15) is 48.6 Å². The third-order valence-electron chi connectivity index (χ3n) is 13.8. The van der Waals surface area contributed by atoms with Gasteiger partial charge in [-0.05, 0) is 64.2 Å². The average molecular weight is 992 g/mol. The summed E-state index contributed by atoms with van der Waals surface area (Å²) in [6.07, 6.45) is 14.2. The minimum atomic E-state index is -1.61. The number of carbonyl (C=O) groups is 8. The predicted molar refractivity (Wildman–Crippen MR) is 269 cm³/mol. The monoisotopic (exact) mass is 992 g/mol. The number of aliphatic hydroxyl groups excluding tert-OH is 2. The quantitative estimate of drug-likeness (QED) is 0.0549. The van der Waals surface area contributed by atoms with Crippen molar-refractivity contribution in [2.45, 2.75) is 258 Å². The van der Waals surface area contributed by atoms with Crippen molar-refractivity contribution in [1.82, 2.24) is 36.8 Å². The van der Waals surface area contributed by atoms with Gasteiger partial charge in [-0.15, -0.1) is 0 Å². The molecule has 0 bridgehead atoms. The maximum absolute atomic E-state index is 14.1. The zero-order valence-corrected chi connectivity index (χ0v) is 44.4. The average Bonchev–Trinajstić information content (AvgIpc) is 3.80. The lowest BCUT2D eigenvalue weighted by molar-refractivity contribution is -0.158. The molecule has 2 saturated heterocycles. The summed E-state index contributed by atoms with van der Waals surface area (Å²) in [6.45, 7) is 16.8. The highest BCUT2D eigenvalue weighted by atomic mass is 16.5. The second kappa shape index (κ2) is 32.6. The number of nitrogens with zero attached hydrogens (tertiary/aromatic N) is 1. The van der Waals surface area contributed by atoms with Gasteiger partial charge in [-0.1, -0.05) is 145 Å². The van der Waals surface area contributed by atoms with Crippen LogP contribution in [0.5, 0.6) is 0 Å². The van der Waals surface area contributed by atoms with Gasteiger partial charge in [0.05, 0.1) is 18.6 Å². The molecule has 2 aliphatic rings. The first-order chi connectivity index (χ1) is 33.1. The molecule has 2 aliphatic heterocycles. The molecule has 11 atom stereocenters. The largest absolute Gasteiger partial charge is 0.460 e. The molecule has 0 spiro atoms. The number of hydrogen-bond donors (Lipinski definition) is 8. The lowest BCUT2D eigenvalue weighted by atomic mass is 9.96. The Morgan fingerprint density at radius 3 is 1.44 bits per heavy atom. The van der Waals surface area contributed by atoms with Gasteiger partial charge in [-0.2, -0.15) is 0 Å². The minimum absolute atomic E-state index is 0.209. The Kier molecular flexibility index (Phi) is 28.8. The van der Waals surface area contributed by atoms with E-state index < -0.39 is 132 Å². The second-order valence-corrected chi connectivity index (χ2v) is 20.8. The molecule has 18 heteroatoms. The Morgan fingerprint density at radius 2 is 0.971 bits per heavy atom. The molecule has 8 N–H and O–H groups in total. The number of nitrogens with one attached hydrogen (secondary N) is 6. The maximum Gasteiger partial charge on any atom is 0.331 e. The van der Waals surface area contributed by atoms with E-state index in [1.165, 1.54) is 83.5 Å². The van der Waals surface area contributed by atoms with Crippen molar-refractivity contribution in [3.8, 4) is 0 Å². The van der Waals surface area contributed by atoms with Crippen LogP contribution in [0.25, 0.3) is 0 Å². The summed E-state index contributed by atoms with van der Waals surface area (Å²) >= 11 is 0. The van der Waals surface area contributed by atoms with Crippen LogP contribution >= 0.6 is 0 Å². The minimum Gasteiger partial charge on any atom is -0.460 e. The van der Waals surface area contributed by atoms with Crippen LogP contribution in [-0.4, -0.2) is 130 Å². The Bertz CT molecular complexity index is 1660. The molecule has 70 heavy (non-hydrogen) atoms. The van der Waals surface area contributed by atoms with Crippen molar-refractivity contribution in [1.29, 1.82) is 0 Å². The number of esters is 1. The van der Waals surface area contributed by atoms with Crippen LogP contribution in [0, 0.1) is 17.8 Å². The fourth-order valence-electron chi connectivity index (χ4n) is 9.07. The van der Waals surface area contributed by atoms with Crippen molar-refractivity contribution >= 4 is 47.3 Å². The van der Waals surface area contributed by atoms with Crippen LogP contribution < -0.4 is 31.9 Å². The number of rotatable bonds is 22. The van der Waals surface area contributed by atoms with E-state index in [0.717, 1.165) is 32.1 Å². The number of cyclic esters (lactones) is 1. The van der Waals surface area contributed by atoms with E-state index in [1.54, 1.807) is 34.6 Å². The summed E-state index contributed by atoms with van der Waals surface area (Å²) in [5, 5.41) is 37.5. The van der Waals surface area contributed by atoms with Gasteiger partial charge in [0.2, 0.25) is 41.4 Å². The number of unbranched alkanes of at least 4 members (excludes halogenated alkanes) is 14. The van der Waals surface area contributed by atoms with Crippen LogP contribution in [0.1, 0.15) is 198 Å². The van der Waals surface area contributed by atoms with Gasteiger partial charge in [0.15, 0.2) is 6.04 Å². The van der Waals surface area contributed by atoms with Crippen molar-refractivity contribution in [3.05, 3.63) is 0 Å². The summed E-state index contributed by atoms with van der Waals surface area (Å²) in [7, 11) is 0. The lowest BCUT2D eigenvalue weighted by Crippen LogP contribution is -2.61. The first-order valence-electron chi connectivity index (χ1n) is 26.8. The molecule has 18 nitrogen and oxygen atoms in total. The summed E-state index contributed by atoms with van der Waals surface area (Å²) < 4.78 is 5.89. The van der Waals surface area contributed by atoms with Crippen molar-refractivity contribution in [2.75, 3.05) is 6.54 Å². The van der Waals surface area contributed by atoms with Crippen molar-refractivity contribution in [3.63, 3.8) is 0 Å². The first kappa shape index (κ1) is 61.8. The summed E-state index contributed by atoms with van der Waals surface area (Å²) in [6, 6.07) is -8.80. The Balaban J connectivity index is 2.41. The Morgan fingerprint density at radius 1 is 0.543 bits per heavy atom. The predicted octanol–water partition coefficient (Wildman–Crippen LogP) is 4.60. The lowest BCUT2D eigenvalue weighted by Gasteiger charge is -2.32. The topological polar surface area (TPSA) is 262 Å². The molecule has 0 aromatic carbocycles. The second-order valence-electron chi connectivity index (χ2n) is 20.8. The highest BCUT2D eigenvalue weighted by Gasteiger charge is 2.41. The maximum atomic E-state index is 14.1. The van der Waals surface area contributed by atoms with Crippen LogP contribution in [0.2, 0.25) is 0 Å². The van der Waals surface area contributed by atoms with Crippen molar-refractivity contribution < 1.29 is 53.3 Å². The molecule has 0 aromatic heterocycles. The molecule has 2 fully saturated rings. The molecular formula is C52H93N7O11. The molecule has 0 aromatic rings. The van der Waals surface area contributed by atoms with E-state index in [-0.39, 0.29) is 13.0 Å². The molecule has 402 valence electrons. The third kappa shape index (κ3) is 21.2. The summed E-state index contributed by atoms with van der Waals surface area (Å²) in [5.41, 5.74) is 0. The fourth-order valence-corrected chi connectivity index (χ4v) is 9.07. The zero-order chi connectivity index (χ0) is 52.5. The van der Waals surface area contributed by atoms with E-state index in [2.05, 4.69) is 38.8 Å². The number of hydrogen-bond acceptors (Lipinski definition) is 11. The highest BCUT2D eigenvalue weighted by molar-refractivity contribution is 5.98. The Hall–Kier alpha value is -4.32. The zero-order valence-electron chi connectivity index (χ0n) is 44.4. The standard InChI is InChI=1S/C52H93N7O11/c1-11-13-14-15-16-17-18-19-20-21-22-23-24-25-26-28-38-31-40(62)54-44(36(9)60)50(67)56-41(32(3)4)47(64)53-35(8)51(68)59-30-27-29-39(59)46(63)57-43(34(7)12-2)49(66)55-42(33(5)6)48(65)58-45(37(10)61)52(69)70-38/h32-39,41-45,60-61H,11-31H2,1-10H3,(H,53,64)(H,54,62)(H,55,66)(H,56,67)(H,57,63)(H,58,65)/t34?,35?,36-,37?,38?,39?,41?,42?,43?,44+,45?/m1/s1. The van der Waals surface area contributed by atoms with Crippen molar-refractivity contribution in [2.24, 2.45) is 17.8 Å². The van der Waals surface area contributed by atoms with Gasteiger partial charge in [0.1, 0.15) is 42.4 Å². The normalized spacial score (nSPS) is 26.7.